The number of nitrogens with zero attached hydrogens (tertiary/aromatic N) is 1. The van der Waals surface area contributed by atoms with Crippen LogP contribution in [0.15, 0.2) is 41.3 Å². The molecule has 0 saturated carbocycles. The highest BCUT2D eigenvalue weighted by Gasteiger charge is 2.20. The molecular formula is C14H16ClN3O3. The molecule has 0 bridgehead atoms. The predicted octanol–water partition coefficient (Wildman–Crippen LogP) is 1.69. The molecule has 2 heterocycles. The van der Waals surface area contributed by atoms with Gasteiger partial charge in [-0.15, -0.1) is 12.4 Å². The molecule has 2 N–H and O–H groups in total. The Balaban J connectivity index is 0.00000161. The largest absolute Gasteiger partial charge is 0.444 e. The Morgan fingerprint density at radius 3 is 2.76 bits per heavy atom. The second-order valence-electron chi connectivity index (χ2n) is 4.51. The quantitative estimate of drug-likeness (QED) is 0.902. The van der Waals surface area contributed by atoms with Crippen molar-refractivity contribution < 1.29 is 13.9 Å². The molecule has 6 nitrogen and oxygen atoms in total. The number of benzene rings is 1. The first kappa shape index (κ1) is 15.5. The van der Waals surface area contributed by atoms with Crippen LogP contribution in [0.3, 0.4) is 0 Å². The maximum atomic E-state index is 12.0. The number of aromatic nitrogens is 1. The number of amides is 1. The summed E-state index contributed by atoms with van der Waals surface area (Å²) >= 11 is 0. The Bertz CT molecular complexity index is 566. The molecule has 7 heteroatoms. The number of carbonyl (C=O) groups is 1. The van der Waals surface area contributed by atoms with Gasteiger partial charge in [0.1, 0.15) is 6.04 Å². The molecule has 1 saturated heterocycles. The highest BCUT2D eigenvalue weighted by Crippen LogP contribution is 2.20. The second-order valence-corrected chi connectivity index (χ2v) is 4.51. The molecule has 0 aliphatic carbocycles. The fourth-order valence-electron chi connectivity index (χ4n) is 2.04. The van der Waals surface area contributed by atoms with Gasteiger partial charge in [-0.25, -0.2) is 4.98 Å². The van der Waals surface area contributed by atoms with Gasteiger partial charge in [-0.1, -0.05) is 0 Å². The number of hydrogen-bond donors (Lipinski definition) is 2. The SMILES string of the molecule is Cl.O=C(Nc1ccc(-c2cnco2)cc1)C1COCCN1. The summed E-state index contributed by atoms with van der Waals surface area (Å²) in [6, 6.07) is 7.12. The number of nitrogens with one attached hydrogen (secondary N) is 2. The molecule has 1 aliphatic rings. The van der Waals surface area contributed by atoms with Gasteiger partial charge in [-0.2, -0.15) is 0 Å². The minimum atomic E-state index is -0.294. The zero-order chi connectivity index (χ0) is 13.8. The average molecular weight is 310 g/mol. The Morgan fingerprint density at radius 1 is 1.33 bits per heavy atom. The first-order valence-corrected chi connectivity index (χ1v) is 6.44. The van der Waals surface area contributed by atoms with E-state index in [2.05, 4.69) is 15.6 Å². The molecule has 3 rings (SSSR count). The summed E-state index contributed by atoms with van der Waals surface area (Å²) in [6.07, 6.45) is 3.04. The molecule has 1 atom stereocenters. The smallest absolute Gasteiger partial charge is 0.243 e. The number of halogens is 1. The molecule has 1 amide bonds. The lowest BCUT2D eigenvalue weighted by Gasteiger charge is -2.22. The third-order valence-corrected chi connectivity index (χ3v) is 3.11. The van der Waals surface area contributed by atoms with Crippen molar-refractivity contribution in [3.05, 3.63) is 36.9 Å². The van der Waals surface area contributed by atoms with E-state index in [1.165, 1.54) is 6.39 Å². The van der Waals surface area contributed by atoms with Crippen LogP contribution in [0.25, 0.3) is 11.3 Å². The third kappa shape index (κ3) is 3.81. The van der Waals surface area contributed by atoms with E-state index in [4.69, 9.17) is 9.15 Å². The molecular weight excluding hydrogens is 294 g/mol. The summed E-state index contributed by atoms with van der Waals surface area (Å²) in [5, 5.41) is 5.97. The van der Waals surface area contributed by atoms with Crippen LogP contribution in [0.4, 0.5) is 5.69 Å². The maximum absolute atomic E-state index is 12.0. The van der Waals surface area contributed by atoms with Gasteiger partial charge in [-0.05, 0) is 24.3 Å². The molecule has 21 heavy (non-hydrogen) atoms. The van der Waals surface area contributed by atoms with E-state index in [0.29, 0.717) is 25.5 Å². The van der Waals surface area contributed by atoms with Crippen molar-refractivity contribution >= 4 is 24.0 Å². The molecule has 2 aromatic rings. The predicted molar refractivity (Wildman–Crippen MR) is 80.4 cm³/mol. The van der Waals surface area contributed by atoms with E-state index < -0.39 is 0 Å². The van der Waals surface area contributed by atoms with Crippen molar-refractivity contribution in [2.75, 3.05) is 25.1 Å². The van der Waals surface area contributed by atoms with Crippen molar-refractivity contribution in [2.24, 2.45) is 0 Å². The van der Waals surface area contributed by atoms with Crippen LogP contribution in [0, 0.1) is 0 Å². The first-order valence-electron chi connectivity index (χ1n) is 6.44. The number of rotatable bonds is 3. The normalized spacial score (nSPS) is 17.8. The lowest BCUT2D eigenvalue weighted by Crippen LogP contribution is -2.48. The Morgan fingerprint density at radius 2 is 2.14 bits per heavy atom. The molecule has 1 aromatic carbocycles. The number of hydrogen-bond acceptors (Lipinski definition) is 5. The van der Waals surface area contributed by atoms with E-state index in [9.17, 15) is 4.79 Å². The lowest BCUT2D eigenvalue weighted by molar-refractivity contribution is -0.120. The van der Waals surface area contributed by atoms with Gasteiger partial charge in [0.2, 0.25) is 5.91 Å². The number of carbonyl (C=O) groups excluding carboxylic acids is 1. The fraction of sp³-hybridized carbons (Fsp3) is 0.286. The summed E-state index contributed by atoms with van der Waals surface area (Å²) in [5.41, 5.74) is 1.66. The highest BCUT2D eigenvalue weighted by atomic mass is 35.5. The Labute approximate surface area is 128 Å². The third-order valence-electron chi connectivity index (χ3n) is 3.11. The summed E-state index contributed by atoms with van der Waals surface area (Å²) in [5.74, 6) is 0.613. The van der Waals surface area contributed by atoms with Crippen molar-refractivity contribution in [3.63, 3.8) is 0 Å². The van der Waals surface area contributed by atoms with Gasteiger partial charge < -0.3 is 19.8 Å². The molecule has 0 radical (unpaired) electrons. The minimum Gasteiger partial charge on any atom is -0.444 e. The van der Waals surface area contributed by atoms with Crippen molar-refractivity contribution in [2.45, 2.75) is 6.04 Å². The van der Waals surface area contributed by atoms with Crippen molar-refractivity contribution in [1.82, 2.24) is 10.3 Å². The molecule has 1 aliphatic heterocycles. The zero-order valence-corrected chi connectivity index (χ0v) is 12.1. The molecule has 1 fully saturated rings. The minimum absolute atomic E-state index is 0. The molecule has 1 aromatic heterocycles. The summed E-state index contributed by atoms with van der Waals surface area (Å²) in [4.78, 5) is 15.9. The van der Waals surface area contributed by atoms with Crippen LogP contribution in [-0.2, 0) is 9.53 Å². The van der Waals surface area contributed by atoms with Gasteiger partial charge in [0.15, 0.2) is 12.2 Å². The lowest BCUT2D eigenvalue weighted by atomic mass is 10.1. The van der Waals surface area contributed by atoms with Gasteiger partial charge in [0.05, 0.1) is 19.4 Å². The van der Waals surface area contributed by atoms with Crippen LogP contribution < -0.4 is 10.6 Å². The topological polar surface area (TPSA) is 76.4 Å². The average Bonchev–Trinajstić information content (AvgIpc) is 3.03. The van der Waals surface area contributed by atoms with E-state index in [1.807, 2.05) is 24.3 Å². The zero-order valence-electron chi connectivity index (χ0n) is 11.2. The summed E-state index contributed by atoms with van der Waals surface area (Å²) in [6.45, 7) is 1.75. The first-order chi connectivity index (χ1) is 9.83. The molecule has 112 valence electrons. The monoisotopic (exact) mass is 309 g/mol. The van der Waals surface area contributed by atoms with Gasteiger partial charge in [0, 0.05) is 17.8 Å². The van der Waals surface area contributed by atoms with Crippen LogP contribution in [0.1, 0.15) is 0 Å². The maximum Gasteiger partial charge on any atom is 0.243 e. The molecule has 0 spiro atoms. The van der Waals surface area contributed by atoms with Crippen LogP contribution >= 0.6 is 12.4 Å². The van der Waals surface area contributed by atoms with Gasteiger partial charge >= 0.3 is 0 Å². The number of oxazole rings is 1. The number of ether oxygens (including phenoxy) is 1. The summed E-state index contributed by atoms with van der Waals surface area (Å²) in [7, 11) is 0. The van der Waals surface area contributed by atoms with Crippen LogP contribution in [0.2, 0.25) is 0 Å². The standard InChI is InChI=1S/C14H15N3O3.ClH/c18-14(12-8-19-6-5-16-12)17-11-3-1-10(2-4-11)13-7-15-9-20-13;/h1-4,7,9,12,16H,5-6,8H2,(H,17,18);1H. The van der Waals surface area contributed by atoms with E-state index in [0.717, 1.165) is 11.3 Å². The molecule has 1 unspecified atom stereocenters. The Hall–Kier alpha value is -1.89. The number of morpholine rings is 1. The van der Waals surface area contributed by atoms with Crippen LogP contribution in [0.5, 0.6) is 0 Å². The van der Waals surface area contributed by atoms with Gasteiger partial charge in [-0.3, -0.25) is 4.79 Å². The van der Waals surface area contributed by atoms with Crippen molar-refractivity contribution in [3.8, 4) is 11.3 Å². The fourth-order valence-corrected chi connectivity index (χ4v) is 2.04. The van der Waals surface area contributed by atoms with Gasteiger partial charge in [0.25, 0.3) is 0 Å². The van der Waals surface area contributed by atoms with E-state index >= 15 is 0 Å². The Kier molecular flexibility index (Phi) is 5.32. The number of anilines is 1. The van der Waals surface area contributed by atoms with E-state index in [1.54, 1.807) is 6.20 Å². The summed E-state index contributed by atoms with van der Waals surface area (Å²) < 4.78 is 10.5. The van der Waals surface area contributed by atoms with Crippen molar-refractivity contribution in [1.29, 1.82) is 0 Å². The highest BCUT2D eigenvalue weighted by molar-refractivity contribution is 5.95. The van der Waals surface area contributed by atoms with Crippen LogP contribution in [-0.4, -0.2) is 36.7 Å². The second kappa shape index (κ2) is 7.21. The van der Waals surface area contributed by atoms with E-state index in [-0.39, 0.29) is 24.4 Å².